The van der Waals surface area contributed by atoms with Crippen LogP contribution < -0.4 is 5.46 Å². The molecular formula is C34H28BNO2S. The van der Waals surface area contributed by atoms with Gasteiger partial charge in [-0.15, -0.1) is 11.3 Å². The van der Waals surface area contributed by atoms with Crippen LogP contribution in [0.5, 0.6) is 0 Å². The van der Waals surface area contributed by atoms with Crippen LogP contribution in [0, 0.1) is 0 Å². The van der Waals surface area contributed by atoms with Gasteiger partial charge in [-0.05, 0) is 80.3 Å². The third kappa shape index (κ3) is 3.37. The summed E-state index contributed by atoms with van der Waals surface area (Å²) in [5.41, 5.74) is 3.87. The molecule has 0 unspecified atom stereocenters. The Bertz CT molecular complexity index is 2090. The van der Waals surface area contributed by atoms with Crippen molar-refractivity contribution < 1.29 is 9.31 Å². The number of para-hydroxylation sites is 1. The minimum absolute atomic E-state index is 0.369. The van der Waals surface area contributed by atoms with Crippen LogP contribution in [0.3, 0.4) is 0 Å². The van der Waals surface area contributed by atoms with Crippen LogP contribution in [0.25, 0.3) is 58.4 Å². The van der Waals surface area contributed by atoms with Gasteiger partial charge in [0.15, 0.2) is 0 Å². The minimum atomic E-state index is -0.382. The first-order valence-corrected chi connectivity index (χ1v) is 14.3. The van der Waals surface area contributed by atoms with Crippen molar-refractivity contribution in [1.82, 2.24) is 4.57 Å². The van der Waals surface area contributed by atoms with E-state index in [-0.39, 0.29) is 18.3 Å². The SMILES string of the molecule is CC1(C)OB(c2ccc3c(c2)c2ccccc2n3-c2ccc3c(c2)sc2cc4ccccc4cc23)OC1(C)C. The molecule has 0 saturated carbocycles. The predicted molar refractivity (Wildman–Crippen MR) is 167 cm³/mol. The fourth-order valence-electron chi connectivity index (χ4n) is 5.98. The van der Waals surface area contributed by atoms with E-state index in [4.69, 9.17) is 9.31 Å². The summed E-state index contributed by atoms with van der Waals surface area (Å²) in [5.74, 6) is 0. The van der Waals surface area contributed by atoms with Crippen LogP contribution in [0.1, 0.15) is 27.7 Å². The molecule has 1 aliphatic heterocycles. The molecule has 5 heteroatoms. The van der Waals surface area contributed by atoms with E-state index >= 15 is 0 Å². The van der Waals surface area contributed by atoms with Gasteiger partial charge in [-0.3, -0.25) is 0 Å². The fourth-order valence-corrected chi connectivity index (χ4v) is 7.15. The average molecular weight is 525 g/mol. The predicted octanol–water partition coefficient (Wildman–Crippen LogP) is 8.60. The zero-order valence-corrected chi connectivity index (χ0v) is 23.3. The molecule has 0 N–H and O–H groups in total. The molecule has 3 nitrogen and oxygen atoms in total. The summed E-state index contributed by atoms with van der Waals surface area (Å²) in [6, 6.07) is 35.5. The number of fused-ring (bicyclic) bond motifs is 7. The van der Waals surface area contributed by atoms with Gasteiger partial charge in [0.1, 0.15) is 0 Å². The van der Waals surface area contributed by atoms with Gasteiger partial charge in [-0.2, -0.15) is 0 Å². The van der Waals surface area contributed by atoms with E-state index in [0.29, 0.717) is 0 Å². The van der Waals surface area contributed by atoms with Gasteiger partial charge in [0.05, 0.1) is 22.2 Å². The van der Waals surface area contributed by atoms with Gasteiger partial charge in [-0.25, -0.2) is 0 Å². The minimum Gasteiger partial charge on any atom is -0.399 e. The van der Waals surface area contributed by atoms with Crippen molar-refractivity contribution in [2.45, 2.75) is 38.9 Å². The molecule has 0 spiro atoms. The maximum absolute atomic E-state index is 6.38. The summed E-state index contributed by atoms with van der Waals surface area (Å²) >= 11 is 1.87. The third-order valence-electron chi connectivity index (χ3n) is 8.80. The first-order chi connectivity index (χ1) is 18.8. The molecule has 0 atom stereocenters. The molecule has 0 amide bonds. The highest BCUT2D eigenvalue weighted by Gasteiger charge is 2.51. The molecule has 190 valence electrons. The summed E-state index contributed by atoms with van der Waals surface area (Å²) in [6.45, 7) is 8.41. The van der Waals surface area contributed by atoms with Gasteiger partial charge in [0, 0.05) is 36.6 Å². The van der Waals surface area contributed by atoms with E-state index in [2.05, 4.69) is 129 Å². The van der Waals surface area contributed by atoms with Crippen LogP contribution in [0.2, 0.25) is 0 Å². The highest BCUT2D eigenvalue weighted by molar-refractivity contribution is 7.25. The molecule has 8 rings (SSSR count). The van der Waals surface area contributed by atoms with E-state index < -0.39 is 0 Å². The highest BCUT2D eigenvalue weighted by Crippen LogP contribution is 2.40. The molecule has 0 aliphatic carbocycles. The number of aromatic nitrogens is 1. The smallest absolute Gasteiger partial charge is 0.399 e. The average Bonchev–Trinajstić information content (AvgIpc) is 3.52. The lowest BCUT2D eigenvalue weighted by atomic mass is 9.78. The van der Waals surface area contributed by atoms with Gasteiger partial charge < -0.3 is 13.9 Å². The molecule has 0 bridgehead atoms. The second-order valence-electron chi connectivity index (χ2n) is 11.7. The second kappa shape index (κ2) is 7.95. The fraction of sp³-hybridized carbons (Fsp3) is 0.176. The number of nitrogens with zero attached hydrogens (tertiary/aromatic N) is 1. The molecule has 0 radical (unpaired) electrons. The van der Waals surface area contributed by atoms with Crippen molar-refractivity contribution in [3.8, 4) is 5.69 Å². The van der Waals surface area contributed by atoms with Gasteiger partial charge in [0.25, 0.3) is 0 Å². The molecule has 5 aromatic carbocycles. The van der Waals surface area contributed by atoms with E-state index in [9.17, 15) is 0 Å². The summed E-state index contributed by atoms with van der Waals surface area (Å²) in [5, 5.41) is 7.66. The molecule has 7 aromatic rings. The maximum Gasteiger partial charge on any atom is 0.494 e. The Morgan fingerprint density at radius 3 is 2.05 bits per heavy atom. The molecule has 1 fully saturated rings. The Morgan fingerprint density at radius 1 is 0.590 bits per heavy atom. The monoisotopic (exact) mass is 525 g/mol. The van der Waals surface area contributed by atoms with Crippen LogP contribution in [0.15, 0.2) is 97.1 Å². The van der Waals surface area contributed by atoms with Crippen LogP contribution in [-0.4, -0.2) is 22.9 Å². The molecule has 1 aliphatic rings. The lowest BCUT2D eigenvalue weighted by molar-refractivity contribution is 0.00578. The Balaban J connectivity index is 1.31. The zero-order chi connectivity index (χ0) is 26.5. The van der Waals surface area contributed by atoms with Crippen molar-refractivity contribution in [2.75, 3.05) is 0 Å². The normalized spacial score (nSPS) is 16.9. The van der Waals surface area contributed by atoms with Crippen LogP contribution in [-0.2, 0) is 9.31 Å². The summed E-state index contributed by atoms with van der Waals surface area (Å²) in [4.78, 5) is 0. The number of rotatable bonds is 2. The van der Waals surface area contributed by atoms with E-state index in [1.807, 2.05) is 11.3 Å². The quantitative estimate of drug-likeness (QED) is 0.211. The van der Waals surface area contributed by atoms with Crippen LogP contribution in [0.4, 0.5) is 0 Å². The second-order valence-corrected chi connectivity index (χ2v) is 12.8. The van der Waals surface area contributed by atoms with Crippen molar-refractivity contribution in [2.24, 2.45) is 0 Å². The number of hydrogen-bond acceptors (Lipinski definition) is 3. The Labute approximate surface area is 231 Å². The summed E-state index contributed by atoms with van der Waals surface area (Å²) in [6.07, 6.45) is 0. The molecule has 3 heterocycles. The summed E-state index contributed by atoms with van der Waals surface area (Å²) < 4.78 is 17.8. The Hall–Kier alpha value is -3.64. The van der Waals surface area contributed by atoms with E-state index in [1.165, 1.54) is 58.4 Å². The third-order valence-corrected chi connectivity index (χ3v) is 9.92. The lowest BCUT2D eigenvalue weighted by Crippen LogP contribution is -2.41. The number of thiophene rings is 1. The summed E-state index contributed by atoms with van der Waals surface area (Å²) in [7, 11) is -0.382. The Morgan fingerprint density at radius 2 is 1.26 bits per heavy atom. The van der Waals surface area contributed by atoms with Gasteiger partial charge in [-0.1, -0.05) is 60.7 Å². The first-order valence-electron chi connectivity index (χ1n) is 13.5. The zero-order valence-electron chi connectivity index (χ0n) is 22.5. The molecule has 1 saturated heterocycles. The number of benzene rings is 5. The largest absolute Gasteiger partial charge is 0.494 e. The maximum atomic E-state index is 6.38. The van der Waals surface area contributed by atoms with Gasteiger partial charge in [0.2, 0.25) is 0 Å². The van der Waals surface area contributed by atoms with Crippen LogP contribution >= 0.6 is 11.3 Å². The van der Waals surface area contributed by atoms with Crippen molar-refractivity contribution in [3.63, 3.8) is 0 Å². The van der Waals surface area contributed by atoms with Crippen molar-refractivity contribution >= 4 is 76.7 Å². The highest BCUT2D eigenvalue weighted by atomic mass is 32.1. The van der Waals surface area contributed by atoms with Gasteiger partial charge >= 0.3 is 7.12 Å². The number of hydrogen-bond donors (Lipinski definition) is 0. The Kier molecular flexibility index (Phi) is 4.74. The van der Waals surface area contributed by atoms with E-state index in [1.54, 1.807) is 0 Å². The van der Waals surface area contributed by atoms with E-state index in [0.717, 1.165) is 5.46 Å². The topological polar surface area (TPSA) is 23.4 Å². The molecular weight excluding hydrogens is 497 g/mol. The molecule has 39 heavy (non-hydrogen) atoms. The standard InChI is InChI=1S/C34H28BNO2S/c1-33(2)34(3,4)38-35(37-33)23-13-16-30-27(19-23)25-11-7-8-12-29(25)36(30)24-14-15-26-28-17-21-9-5-6-10-22(21)18-31(28)39-32(26)20-24/h5-20H,1-4H3. The molecule has 2 aromatic heterocycles. The first kappa shape index (κ1) is 23.3. The lowest BCUT2D eigenvalue weighted by Gasteiger charge is -2.32. The van der Waals surface area contributed by atoms with Crippen molar-refractivity contribution in [3.05, 3.63) is 97.1 Å². The van der Waals surface area contributed by atoms with Crippen molar-refractivity contribution in [1.29, 1.82) is 0 Å².